The van der Waals surface area contributed by atoms with Gasteiger partial charge in [-0.3, -0.25) is 9.69 Å². The molecule has 6 heteroatoms. The number of pyridine rings is 1. The van der Waals surface area contributed by atoms with Crippen molar-refractivity contribution in [3.8, 4) is 17.0 Å². The third kappa shape index (κ3) is 5.31. The zero-order chi connectivity index (χ0) is 18.9. The van der Waals surface area contributed by atoms with Gasteiger partial charge in [-0.15, -0.1) is 0 Å². The normalized spacial score (nSPS) is 10.3. The van der Waals surface area contributed by atoms with Crippen molar-refractivity contribution in [2.45, 2.75) is 33.1 Å². The van der Waals surface area contributed by atoms with E-state index in [0.717, 1.165) is 24.1 Å². The summed E-state index contributed by atoms with van der Waals surface area (Å²) in [5.74, 6) is 0.802. The molecule has 0 spiro atoms. The van der Waals surface area contributed by atoms with Crippen molar-refractivity contribution in [1.29, 1.82) is 0 Å². The summed E-state index contributed by atoms with van der Waals surface area (Å²) in [6, 6.07) is 12.5. The van der Waals surface area contributed by atoms with Crippen LogP contribution in [0.2, 0.25) is 0 Å². The molecule has 0 radical (unpaired) electrons. The number of esters is 1. The van der Waals surface area contributed by atoms with E-state index in [4.69, 9.17) is 4.74 Å². The van der Waals surface area contributed by atoms with Gasteiger partial charge in [-0.2, -0.15) is 0 Å². The highest BCUT2D eigenvalue weighted by Crippen LogP contribution is 2.23. The first kappa shape index (κ1) is 19.4. The number of rotatable bonds is 7. The van der Waals surface area contributed by atoms with Crippen molar-refractivity contribution >= 4 is 17.8 Å². The van der Waals surface area contributed by atoms with Crippen LogP contribution in [0, 0.1) is 0 Å². The molecule has 138 valence electrons. The molecule has 2 aromatic rings. The number of nitrogens with one attached hydrogen (secondary N) is 1. The van der Waals surface area contributed by atoms with Crippen LogP contribution in [0.4, 0.5) is 10.6 Å². The second-order valence-electron chi connectivity index (χ2n) is 5.88. The van der Waals surface area contributed by atoms with Gasteiger partial charge in [0.2, 0.25) is 0 Å². The molecule has 2 rings (SSSR count). The monoisotopic (exact) mass is 355 g/mol. The average Bonchev–Trinajstić information content (AvgIpc) is 2.68. The second-order valence-corrected chi connectivity index (χ2v) is 5.88. The Hall–Kier alpha value is -2.89. The minimum absolute atomic E-state index is 0.176. The summed E-state index contributed by atoms with van der Waals surface area (Å²) < 4.78 is 5.17. The number of unbranched alkanes of at least 4 members (excludes halogenated alkanes) is 1. The molecule has 1 aromatic heterocycles. The molecule has 6 nitrogen and oxygen atoms in total. The van der Waals surface area contributed by atoms with Crippen molar-refractivity contribution in [3.05, 3.63) is 42.5 Å². The molecule has 0 atom stereocenters. The van der Waals surface area contributed by atoms with Crippen molar-refractivity contribution in [2.75, 3.05) is 18.5 Å². The largest absolute Gasteiger partial charge is 0.427 e. The SMILES string of the molecule is CCCCNC(=O)N(C)c1cccc(-c2ccc(OC(=O)CC)cc2)n1. The number of hydrogen-bond donors (Lipinski definition) is 1. The minimum Gasteiger partial charge on any atom is -0.427 e. The molecule has 1 N–H and O–H groups in total. The van der Waals surface area contributed by atoms with Gasteiger partial charge < -0.3 is 10.1 Å². The van der Waals surface area contributed by atoms with Crippen LogP contribution in [-0.4, -0.2) is 30.6 Å². The van der Waals surface area contributed by atoms with Crippen LogP contribution in [0.25, 0.3) is 11.3 Å². The molecule has 1 aromatic carbocycles. The van der Waals surface area contributed by atoms with E-state index in [-0.39, 0.29) is 12.0 Å². The molecule has 0 unspecified atom stereocenters. The Morgan fingerprint density at radius 3 is 2.50 bits per heavy atom. The van der Waals surface area contributed by atoms with E-state index in [0.29, 0.717) is 24.5 Å². The fourth-order valence-electron chi connectivity index (χ4n) is 2.26. The number of ether oxygens (including phenoxy) is 1. The van der Waals surface area contributed by atoms with Gasteiger partial charge in [-0.1, -0.05) is 26.3 Å². The number of anilines is 1. The first-order valence-corrected chi connectivity index (χ1v) is 8.84. The lowest BCUT2D eigenvalue weighted by molar-refractivity contribution is -0.134. The molecule has 0 bridgehead atoms. The summed E-state index contributed by atoms with van der Waals surface area (Å²) in [5.41, 5.74) is 1.62. The van der Waals surface area contributed by atoms with E-state index in [2.05, 4.69) is 17.2 Å². The van der Waals surface area contributed by atoms with Gasteiger partial charge in [0.25, 0.3) is 0 Å². The molecule has 26 heavy (non-hydrogen) atoms. The number of benzene rings is 1. The number of amides is 2. The number of carbonyl (C=O) groups excluding carboxylic acids is 2. The van der Waals surface area contributed by atoms with Crippen molar-refractivity contribution < 1.29 is 14.3 Å². The maximum absolute atomic E-state index is 12.2. The quantitative estimate of drug-likeness (QED) is 0.463. The molecule has 2 amide bonds. The van der Waals surface area contributed by atoms with E-state index >= 15 is 0 Å². The lowest BCUT2D eigenvalue weighted by Gasteiger charge is -2.17. The average molecular weight is 355 g/mol. The number of carbonyl (C=O) groups is 2. The summed E-state index contributed by atoms with van der Waals surface area (Å²) in [6.07, 6.45) is 2.31. The smallest absolute Gasteiger partial charge is 0.322 e. The summed E-state index contributed by atoms with van der Waals surface area (Å²) in [6.45, 7) is 4.48. The van der Waals surface area contributed by atoms with Crippen LogP contribution < -0.4 is 15.0 Å². The molecule has 1 heterocycles. The Morgan fingerprint density at radius 2 is 1.85 bits per heavy atom. The zero-order valence-electron chi connectivity index (χ0n) is 15.5. The molecular weight excluding hydrogens is 330 g/mol. The van der Waals surface area contributed by atoms with Crippen molar-refractivity contribution in [1.82, 2.24) is 10.3 Å². The summed E-state index contributed by atoms with van der Waals surface area (Å²) in [4.78, 5) is 29.6. The van der Waals surface area contributed by atoms with Crippen LogP contribution in [0.3, 0.4) is 0 Å². The van der Waals surface area contributed by atoms with Crippen LogP contribution in [-0.2, 0) is 4.79 Å². The second kappa shape index (κ2) is 9.56. The lowest BCUT2D eigenvalue weighted by Crippen LogP contribution is -2.38. The van der Waals surface area contributed by atoms with E-state index in [1.807, 2.05) is 24.3 Å². The maximum Gasteiger partial charge on any atom is 0.322 e. The summed E-state index contributed by atoms with van der Waals surface area (Å²) in [5, 5.41) is 2.87. The third-order valence-electron chi connectivity index (χ3n) is 3.86. The van der Waals surface area contributed by atoms with E-state index < -0.39 is 0 Å². The Kier molecular flexibility index (Phi) is 7.14. The van der Waals surface area contributed by atoms with Gasteiger partial charge in [-0.25, -0.2) is 9.78 Å². The van der Waals surface area contributed by atoms with Crippen molar-refractivity contribution in [2.24, 2.45) is 0 Å². The van der Waals surface area contributed by atoms with Gasteiger partial charge >= 0.3 is 12.0 Å². The fourth-order valence-corrected chi connectivity index (χ4v) is 2.26. The molecular formula is C20H25N3O3. The number of urea groups is 1. The first-order valence-electron chi connectivity index (χ1n) is 8.84. The van der Waals surface area contributed by atoms with Gasteiger partial charge in [0.1, 0.15) is 11.6 Å². The Labute approximate surface area is 154 Å². The summed E-state index contributed by atoms with van der Waals surface area (Å²) in [7, 11) is 1.70. The standard InChI is InChI=1S/C20H25N3O3/c1-4-6-14-21-20(25)23(3)18-9-7-8-17(22-18)15-10-12-16(13-11-15)26-19(24)5-2/h7-13H,4-6,14H2,1-3H3,(H,21,25). The molecule has 0 saturated heterocycles. The highest BCUT2D eigenvalue weighted by molar-refractivity contribution is 5.90. The predicted octanol–water partition coefficient (Wildman–Crippen LogP) is 4.01. The zero-order valence-corrected chi connectivity index (χ0v) is 15.5. The number of aromatic nitrogens is 1. The van der Waals surface area contributed by atoms with E-state index in [9.17, 15) is 9.59 Å². The highest BCUT2D eigenvalue weighted by Gasteiger charge is 2.12. The Bertz CT molecular complexity index is 744. The van der Waals surface area contributed by atoms with Crippen LogP contribution in [0.5, 0.6) is 5.75 Å². The van der Waals surface area contributed by atoms with Crippen LogP contribution in [0.15, 0.2) is 42.5 Å². The maximum atomic E-state index is 12.2. The van der Waals surface area contributed by atoms with E-state index in [1.54, 1.807) is 32.2 Å². The van der Waals surface area contributed by atoms with Crippen LogP contribution in [0.1, 0.15) is 33.1 Å². The number of nitrogens with zero attached hydrogens (tertiary/aromatic N) is 2. The van der Waals surface area contributed by atoms with Crippen LogP contribution >= 0.6 is 0 Å². The Morgan fingerprint density at radius 1 is 1.12 bits per heavy atom. The lowest BCUT2D eigenvalue weighted by atomic mass is 10.1. The van der Waals surface area contributed by atoms with Crippen molar-refractivity contribution in [3.63, 3.8) is 0 Å². The number of hydrogen-bond acceptors (Lipinski definition) is 4. The third-order valence-corrected chi connectivity index (χ3v) is 3.86. The Balaban J connectivity index is 2.10. The predicted molar refractivity (Wildman–Crippen MR) is 102 cm³/mol. The molecule has 0 fully saturated rings. The molecule has 0 aliphatic carbocycles. The molecule has 0 saturated carbocycles. The van der Waals surface area contributed by atoms with E-state index in [1.165, 1.54) is 4.90 Å². The van der Waals surface area contributed by atoms with Gasteiger partial charge in [0.05, 0.1) is 5.69 Å². The first-order chi connectivity index (χ1) is 12.5. The highest BCUT2D eigenvalue weighted by atomic mass is 16.5. The van der Waals surface area contributed by atoms with Gasteiger partial charge in [-0.05, 0) is 42.8 Å². The molecule has 0 aliphatic heterocycles. The summed E-state index contributed by atoms with van der Waals surface area (Å²) >= 11 is 0. The van der Waals surface area contributed by atoms with Gasteiger partial charge in [0.15, 0.2) is 0 Å². The fraction of sp³-hybridized carbons (Fsp3) is 0.350. The topological polar surface area (TPSA) is 71.5 Å². The van der Waals surface area contributed by atoms with Gasteiger partial charge in [0, 0.05) is 25.6 Å². The molecule has 0 aliphatic rings. The minimum atomic E-state index is -0.270.